The molecule has 0 amide bonds. The van der Waals surface area contributed by atoms with Crippen LogP contribution in [0.2, 0.25) is 0 Å². The molecule has 0 aromatic rings. The first-order chi connectivity index (χ1) is 0. The van der Waals surface area contributed by atoms with E-state index in [1.807, 2.05) is 0 Å². The van der Waals surface area contributed by atoms with Crippen molar-refractivity contribution in [2.75, 3.05) is 0 Å². The second-order valence-corrected chi connectivity index (χ2v) is 0. The Hall–Kier alpha value is 0.865. The largest absolute Gasteiger partial charge is 3.00 e. The minimum atomic E-state index is 0. The van der Waals surface area contributed by atoms with Crippen molar-refractivity contribution in [1.29, 1.82) is 0 Å². The smallest absolute Gasteiger partial charge is 2.00 e. The first-order valence-electron chi connectivity index (χ1n) is 0. The fourth-order valence-electron chi connectivity index (χ4n) is 0. The fourth-order valence-corrected chi connectivity index (χ4v) is 0. The Morgan fingerprint density at radius 2 is 0.429 bits per heavy atom. The molecule has 0 aliphatic heterocycles. The zero-order chi connectivity index (χ0) is 0. The molecule has 0 heterocycles. The van der Waals surface area contributed by atoms with Crippen molar-refractivity contribution >= 4 is 34.7 Å². The Kier molecular flexibility index (Phi) is 22300. The Balaban J connectivity index is 0. The quantitative estimate of drug-likeness (QED) is 0.418. The molecule has 5 nitrogen and oxygen atoms in total. The Morgan fingerprint density at radius 3 is 0.429 bits per heavy atom. The van der Waals surface area contributed by atoms with Crippen molar-refractivity contribution in [3.8, 4) is 0 Å². The summed E-state index contributed by atoms with van der Waals surface area (Å²) in [6.07, 6.45) is 0. The molecule has 0 aliphatic carbocycles. The van der Waals surface area contributed by atoms with Gasteiger partial charge < -0.3 is 28.7 Å². The number of rotatable bonds is 0. The molecular weight excluding hydrogens is 130 g/mol. The van der Waals surface area contributed by atoms with Crippen LogP contribution in [0, 0.1) is 0 Å². The molecule has 7 heteroatoms. The van der Waals surface area contributed by atoms with Gasteiger partial charge in [-0.25, -0.2) is 0 Å². The van der Waals surface area contributed by atoms with E-state index in [0.29, 0.717) is 0 Å². The molecule has 7 heavy (non-hydrogen) atoms. The Labute approximate surface area is 63.8 Å². The molecule has 0 fully saturated rings. The van der Waals surface area contributed by atoms with Crippen LogP contribution in [0.1, 0.15) is 0 Å². The van der Waals surface area contributed by atoms with Crippen LogP contribution in [-0.4, -0.2) is 34.7 Å². The zero-order valence-corrected chi connectivity index (χ0v) is 6.10. The molecule has 0 aromatic heterocycles. The van der Waals surface area contributed by atoms with Crippen LogP contribution in [0.25, 0.3) is 0 Å². The maximum Gasteiger partial charge on any atom is 3.00 e. The van der Waals surface area contributed by atoms with Crippen LogP contribution in [0.4, 0.5) is 0 Å². The maximum absolute atomic E-state index is 0. The van der Waals surface area contributed by atoms with Gasteiger partial charge in [0.15, 0.2) is 0 Å². The summed E-state index contributed by atoms with van der Waals surface area (Å²) in [5, 5.41) is 0. The predicted molar refractivity (Wildman–Crippen MR) is 23.6 cm³/mol. The summed E-state index contributed by atoms with van der Waals surface area (Å²) in [7, 11) is 0. The molecule has 0 bridgehead atoms. The van der Waals surface area contributed by atoms with Crippen molar-refractivity contribution in [2.45, 2.75) is 0 Å². The molecule has 40 valence electrons. The molecule has 0 radical (unpaired) electrons. The van der Waals surface area contributed by atoms with Gasteiger partial charge in [-0.05, 0) is 0 Å². The summed E-state index contributed by atoms with van der Waals surface area (Å²) in [6, 6.07) is 0. The van der Waals surface area contributed by atoms with E-state index in [1.165, 1.54) is 0 Å². The van der Waals surface area contributed by atoms with Crippen LogP contribution >= 0.6 is 0 Å². The third kappa shape index (κ3) is 217. The van der Waals surface area contributed by atoms with Gasteiger partial charge >= 0.3 is 34.7 Å². The Morgan fingerprint density at radius 1 is 0.429 bits per heavy atom. The van der Waals surface area contributed by atoms with Crippen molar-refractivity contribution in [2.24, 2.45) is 0 Å². The number of hydrogen-bond donors (Lipinski definition) is 2. The second kappa shape index (κ2) is 316. The molecule has 0 aromatic carbocycles. The molecule has 0 saturated heterocycles. The molecule has 0 spiro atoms. The molecule has 6 N–H and O–H groups in total. The van der Waals surface area contributed by atoms with Crippen LogP contribution in [0.5, 0.6) is 0 Å². The van der Waals surface area contributed by atoms with Gasteiger partial charge in [0.2, 0.25) is 0 Å². The van der Waals surface area contributed by atoms with Gasteiger partial charge in [0.25, 0.3) is 0 Å². The van der Waals surface area contributed by atoms with Crippen molar-refractivity contribution in [3.05, 3.63) is 0 Å². The van der Waals surface area contributed by atoms with Crippen molar-refractivity contribution in [1.82, 2.24) is 12.3 Å². The van der Waals surface area contributed by atoms with E-state index < -0.39 is 0 Å². The number of hydrogen-bond acceptors (Lipinski definition) is 2. The van der Waals surface area contributed by atoms with Crippen molar-refractivity contribution < 1.29 is 16.4 Å². The monoisotopic (exact) mass is 136 g/mol. The van der Waals surface area contributed by atoms with E-state index in [9.17, 15) is 0 Å². The molecule has 0 unspecified atom stereocenters. The minimum absolute atomic E-state index is 0. The van der Waals surface area contributed by atoms with E-state index in [4.69, 9.17) is 0 Å². The molecule has 0 rings (SSSR count). The zero-order valence-electron chi connectivity index (χ0n) is 3.79. The third-order valence-electron chi connectivity index (χ3n) is 0. The fraction of sp³-hybridized carbons (Fsp3) is 0. The molecule has 0 aliphatic rings. The van der Waals surface area contributed by atoms with E-state index in [1.54, 1.807) is 0 Å². The standard InChI is InChI=1S/2Al.2H3N.3O/h;;2*1H3;;;/q2*+3;;;3*-2. The van der Waals surface area contributed by atoms with Gasteiger partial charge in [-0.3, -0.25) is 0 Å². The molecular formula is H6Al2N2O3. The first kappa shape index (κ1) is 495. The Bertz CT molecular complexity index is 10.9. The minimum Gasteiger partial charge on any atom is -2.00 e. The molecule has 0 atom stereocenters. The van der Waals surface area contributed by atoms with E-state index in [-0.39, 0.29) is 63.5 Å². The van der Waals surface area contributed by atoms with E-state index >= 15 is 0 Å². The van der Waals surface area contributed by atoms with Crippen LogP contribution in [-0.2, 0) is 16.4 Å². The van der Waals surface area contributed by atoms with Crippen LogP contribution in [0.3, 0.4) is 0 Å². The van der Waals surface area contributed by atoms with Gasteiger partial charge in [0.05, 0.1) is 0 Å². The van der Waals surface area contributed by atoms with Crippen LogP contribution in [0.15, 0.2) is 0 Å². The summed E-state index contributed by atoms with van der Waals surface area (Å²) in [5.41, 5.74) is 0. The van der Waals surface area contributed by atoms with Crippen molar-refractivity contribution in [3.63, 3.8) is 0 Å². The molecule has 0 saturated carbocycles. The maximum atomic E-state index is 0. The van der Waals surface area contributed by atoms with E-state index in [0.717, 1.165) is 0 Å². The normalized spacial score (nSPS) is 0. The first-order valence-corrected chi connectivity index (χ1v) is 0. The average Bonchev–Trinajstić information content (AvgIpc) is 0. The second-order valence-electron chi connectivity index (χ2n) is 0. The van der Waals surface area contributed by atoms with Gasteiger partial charge in [0, 0.05) is 0 Å². The summed E-state index contributed by atoms with van der Waals surface area (Å²) >= 11 is 0. The van der Waals surface area contributed by atoms with Gasteiger partial charge in [-0.2, -0.15) is 0 Å². The van der Waals surface area contributed by atoms with Crippen LogP contribution < -0.4 is 12.3 Å². The van der Waals surface area contributed by atoms with Gasteiger partial charge in [-0.1, -0.05) is 0 Å². The summed E-state index contributed by atoms with van der Waals surface area (Å²) in [6.45, 7) is 0. The summed E-state index contributed by atoms with van der Waals surface area (Å²) in [4.78, 5) is 0. The summed E-state index contributed by atoms with van der Waals surface area (Å²) < 4.78 is 0. The third-order valence-corrected chi connectivity index (χ3v) is 0. The predicted octanol–water partition coefficient (Wildman–Crippen LogP) is -0.794. The summed E-state index contributed by atoms with van der Waals surface area (Å²) in [5.74, 6) is 0. The average molecular weight is 136 g/mol. The van der Waals surface area contributed by atoms with E-state index in [2.05, 4.69) is 0 Å². The SMILES string of the molecule is N.N.[Al+3].[Al+3].[O-2].[O-2].[O-2]. The van der Waals surface area contributed by atoms with Gasteiger partial charge in [0.1, 0.15) is 0 Å². The topological polar surface area (TPSA) is 156 Å². The van der Waals surface area contributed by atoms with Gasteiger partial charge in [-0.15, -0.1) is 0 Å².